The highest BCUT2D eigenvalue weighted by Crippen LogP contribution is 2.31. The lowest BCUT2D eigenvalue weighted by atomic mass is 9.95. The lowest BCUT2D eigenvalue weighted by Gasteiger charge is -2.15. The van der Waals surface area contributed by atoms with Crippen molar-refractivity contribution in [2.45, 2.75) is 13.0 Å². The number of benzene rings is 3. The first-order valence-corrected chi connectivity index (χ1v) is 7.65. The molecule has 3 aromatic carbocycles. The van der Waals surface area contributed by atoms with Crippen molar-refractivity contribution in [3.05, 3.63) is 99.6 Å². The average molecular weight is 319 g/mol. The number of nitrogens with zero attached hydrogens (tertiary/aromatic N) is 1. The summed E-state index contributed by atoms with van der Waals surface area (Å²) < 4.78 is 0. The number of nitro groups is 1. The molecule has 0 aliphatic rings. The summed E-state index contributed by atoms with van der Waals surface area (Å²) in [6, 6.07) is 22.3. The Morgan fingerprint density at radius 1 is 0.875 bits per heavy atom. The summed E-state index contributed by atoms with van der Waals surface area (Å²) in [5, 5.41) is 21.7. The summed E-state index contributed by atoms with van der Waals surface area (Å²) in [7, 11) is 0. The van der Waals surface area contributed by atoms with E-state index in [2.05, 4.69) is 0 Å². The average Bonchev–Trinajstić information content (AvgIpc) is 2.62. The van der Waals surface area contributed by atoms with Crippen molar-refractivity contribution in [3.63, 3.8) is 0 Å². The highest BCUT2D eigenvalue weighted by Gasteiger charge is 2.19. The van der Waals surface area contributed by atoms with E-state index < -0.39 is 11.0 Å². The van der Waals surface area contributed by atoms with Gasteiger partial charge in [0.1, 0.15) is 6.10 Å². The molecule has 0 aliphatic carbocycles. The van der Waals surface area contributed by atoms with Crippen LogP contribution in [-0.2, 0) is 0 Å². The third-order valence-electron chi connectivity index (χ3n) is 4.17. The number of hydrogen-bond donors (Lipinski definition) is 1. The summed E-state index contributed by atoms with van der Waals surface area (Å²) in [6.45, 7) is 1.66. The minimum atomic E-state index is -0.894. The fourth-order valence-corrected chi connectivity index (χ4v) is 2.80. The van der Waals surface area contributed by atoms with E-state index in [1.807, 2.05) is 54.6 Å². The Labute approximate surface area is 140 Å². The van der Waals surface area contributed by atoms with Crippen LogP contribution in [0.25, 0.3) is 11.1 Å². The lowest BCUT2D eigenvalue weighted by Crippen LogP contribution is -2.04. The molecule has 0 radical (unpaired) electrons. The van der Waals surface area contributed by atoms with Gasteiger partial charge < -0.3 is 5.11 Å². The Hall–Kier alpha value is -2.98. The van der Waals surface area contributed by atoms with Gasteiger partial charge in [0.15, 0.2) is 0 Å². The first kappa shape index (κ1) is 15.9. The third-order valence-corrected chi connectivity index (χ3v) is 4.17. The number of aliphatic hydroxyl groups is 1. The molecular weight excluding hydrogens is 302 g/mol. The highest BCUT2D eigenvalue weighted by atomic mass is 16.6. The molecule has 24 heavy (non-hydrogen) atoms. The molecular formula is C20H17NO3. The molecule has 4 nitrogen and oxygen atoms in total. The molecule has 0 aromatic heterocycles. The van der Waals surface area contributed by atoms with Crippen LogP contribution in [-0.4, -0.2) is 10.0 Å². The van der Waals surface area contributed by atoms with Gasteiger partial charge in [0, 0.05) is 11.6 Å². The molecule has 0 fully saturated rings. The van der Waals surface area contributed by atoms with E-state index in [1.165, 1.54) is 6.07 Å². The molecule has 0 amide bonds. The minimum absolute atomic E-state index is 0.0208. The fourth-order valence-electron chi connectivity index (χ4n) is 2.80. The van der Waals surface area contributed by atoms with Crippen molar-refractivity contribution in [1.29, 1.82) is 0 Å². The van der Waals surface area contributed by atoms with Crippen LogP contribution in [0.1, 0.15) is 22.8 Å². The summed E-state index contributed by atoms with van der Waals surface area (Å²) in [6.07, 6.45) is -0.894. The van der Waals surface area contributed by atoms with Gasteiger partial charge in [-0.05, 0) is 29.2 Å². The maximum Gasteiger partial charge on any atom is 0.272 e. The first-order valence-electron chi connectivity index (χ1n) is 7.65. The Bertz CT molecular complexity index is 858. The van der Waals surface area contributed by atoms with E-state index in [9.17, 15) is 15.2 Å². The number of hydrogen-bond acceptors (Lipinski definition) is 3. The summed E-state index contributed by atoms with van der Waals surface area (Å²) in [5.41, 5.74) is 3.93. The maximum atomic E-state index is 11.1. The highest BCUT2D eigenvalue weighted by molar-refractivity contribution is 5.63. The molecule has 4 heteroatoms. The molecule has 0 aliphatic heterocycles. The van der Waals surface area contributed by atoms with Crippen molar-refractivity contribution in [2.75, 3.05) is 0 Å². The van der Waals surface area contributed by atoms with Gasteiger partial charge in [-0.1, -0.05) is 66.7 Å². The smallest absolute Gasteiger partial charge is 0.272 e. The summed E-state index contributed by atoms with van der Waals surface area (Å²) >= 11 is 0. The van der Waals surface area contributed by atoms with Gasteiger partial charge in [0.25, 0.3) is 5.69 Å². The SMILES string of the molecule is Cc1c(C(O)c2ccc(-c3ccccc3)cc2)cccc1[N+](=O)[O-]. The zero-order valence-corrected chi connectivity index (χ0v) is 13.2. The molecule has 0 bridgehead atoms. The molecule has 1 N–H and O–H groups in total. The molecule has 0 heterocycles. The minimum Gasteiger partial charge on any atom is -0.384 e. The third kappa shape index (κ3) is 3.05. The van der Waals surface area contributed by atoms with E-state index in [4.69, 9.17) is 0 Å². The Morgan fingerprint density at radius 3 is 2.12 bits per heavy atom. The predicted molar refractivity (Wildman–Crippen MR) is 93.8 cm³/mol. The van der Waals surface area contributed by atoms with Crippen LogP contribution < -0.4 is 0 Å². The monoisotopic (exact) mass is 319 g/mol. The van der Waals surface area contributed by atoms with Crippen molar-refractivity contribution in [3.8, 4) is 11.1 Å². The maximum absolute atomic E-state index is 11.1. The van der Waals surface area contributed by atoms with Gasteiger partial charge in [0.05, 0.1) is 4.92 Å². The van der Waals surface area contributed by atoms with Crippen LogP contribution in [0.2, 0.25) is 0 Å². The van der Waals surface area contributed by atoms with Gasteiger partial charge in [-0.15, -0.1) is 0 Å². The largest absolute Gasteiger partial charge is 0.384 e. The Kier molecular flexibility index (Phi) is 4.40. The lowest BCUT2D eigenvalue weighted by molar-refractivity contribution is -0.385. The second-order valence-electron chi connectivity index (χ2n) is 5.64. The predicted octanol–water partition coefficient (Wildman–Crippen LogP) is 4.65. The molecule has 3 rings (SSSR count). The van der Waals surface area contributed by atoms with E-state index in [-0.39, 0.29) is 5.69 Å². The molecule has 3 aromatic rings. The summed E-state index contributed by atoms with van der Waals surface area (Å²) in [5.74, 6) is 0. The zero-order chi connectivity index (χ0) is 17.1. The van der Waals surface area contributed by atoms with Crippen LogP contribution in [0.15, 0.2) is 72.8 Å². The number of aliphatic hydroxyl groups excluding tert-OH is 1. The van der Waals surface area contributed by atoms with Crippen molar-refractivity contribution < 1.29 is 10.0 Å². The van der Waals surface area contributed by atoms with Crippen molar-refractivity contribution in [1.82, 2.24) is 0 Å². The van der Waals surface area contributed by atoms with Gasteiger partial charge >= 0.3 is 0 Å². The van der Waals surface area contributed by atoms with E-state index in [0.717, 1.165) is 11.1 Å². The van der Waals surface area contributed by atoms with Crippen molar-refractivity contribution in [2.24, 2.45) is 0 Å². The van der Waals surface area contributed by atoms with Crippen LogP contribution >= 0.6 is 0 Å². The first-order chi connectivity index (χ1) is 11.6. The van der Waals surface area contributed by atoms with Gasteiger partial charge in [0.2, 0.25) is 0 Å². The van der Waals surface area contributed by atoms with Gasteiger partial charge in [-0.3, -0.25) is 10.1 Å². The van der Waals surface area contributed by atoms with Crippen LogP contribution in [0.5, 0.6) is 0 Å². The van der Waals surface area contributed by atoms with Crippen LogP contribution in [0.4, 0.5) is 5.69 Å². The molecule has 1 atom stereocenters. The van der Waals surface area contributed by atoms with Crippen LogP contribution in [0.3, 0.4) is 0 Å². The Balaban J connectivity index is 1.92. The standard InChI is InChI=1S/C20H17NO3/c1-14-18(8-5-9-19(14)21(23)24)20(22)17-12-10-16(11-13-17)15-6-3-2-4-7-15/h2-13,20,22H,1H3. The van der Waals surface area contributed by atoms with Crippen LogP contribution in [0, 0.1) is 17.0 Å². The molecule has 120 valence electrons. The summed E-state index contributed by atoms with van der Waals surface area (Å²) in [4.78, 5) is 10.6. The second-order valence-corrected chi connectivity index (χ2v) is 5.64. The van der Waals surface area contributed by atoms with Gasteiger partial charge in [-0.25, -0.2) is 0 Å². The topological polar surface area (TPSA) is 63.4 Å². The molecule has 0 saturated carbocycles. The zero-order valence-electron chi connectivity index (χ0n) is 13.2. The van der Waals surface area contributed by atoms with Gasteiger partial charge in [-0.2, -0.15) is 0 Å². The van der Waals surface area contributed by atoms with E-state index in [1.54, 1.807) is 19.1 Å². The molecule has 0 spiro atoms. The second kappa shape index (κ2) is 6.64. The normalized spacial score (nSPS) is 11.9. The fraction of sp³-hybridized carbons (Fsp3) is 0.100. The van der Waals surface area contributed by atoms with Crippen molar-refractivity contribution >= 4 is 5.69 Å². The number of nitro benzene ring substituents is 1. The quantitative estimate of drug-likeness (QED) is 0.562. The molecule has 0 saturated heterocycles. The Morgan fingerprint density at radius 2 is 1.50 bits per heavy atom. The number of rotatable bonds is 4. The molecule has 1 unspecified atom stereocenters. The van der Waals surface area contributed by atoms with E-state index in [0.29, 0.717) is 16.7 Å². The van der Waals surface area contributed by atoms with E-state index >= 15 is 0 Å².